The second kappa shape index (κ2) is 23.8. The molecule has 0 spiro atoms. The maximum absolute atomic E-state index is 11.5. The van der Waals surface area contributed by atoms with Gasteiger partial charge < -0.3 is 24.6 Å². The molecule has 0 aromatic heterocycles. The zero-order valence-corrected chi connectivity index (χ0v) is 26.2. The van der Waals surface area contributed by atoms with E-state index in [1.165, 1.54) is 64.2 Å². The molecule has 3 atom stereocenters. The van der Waals surface area contributed by atoms with E-state index in [4.69, 9.17) is 0 Å². The number of rotatable bonds is 28. The molecule has 7 nitrogen and oxygen atoms in total. The van der Waals surface area contributed by atoms with E-state index in [0.29, 0.717) is 43.4 Å². The van der Waals surface area contributed by atoms with Crippen molar-refractivity contribution in [1.82, 2.24) is 0 Å². The normalized spacial score (nSPS) is 15.5. The first-order chi connectivity index (χ1) is 19.0. The van der Waals surface area contributed by atoms with Crippen LogP contribution in [0.25, 0.3) is 0 Å². The smallest absolute Gasteiger partial charge is 0.306 e. The zero-order chi connectivity index (χ0) is 30.2. The van der Waals surface area contributed by atoms with E-state index in [9.17, 15) is 29.7 Å². The van der Waals surface area contributed by atoms with Crippen molar-refractivity contribution in [2.75, 3.05) is 26.2 Å². The van der Waals surface area contributed by atoms with Crippen molar-refractivity contribution in [3.63, 3.8) is 0 Å². The lowest BCUT2D eigenvalue weighted by molar-refractivity contribution is -0.929. The van der Waals surface area contributed by atoms with Gasteiger partial charge in [0.1, 0.15) is 0 Å². The lowest BCUT2D eigenvalue weighted by Gasteiger charge is -2.41. The molecule has 0 bridgehead atoms. The second-order valence-corrected chi connectivity index (χ2v) is 12.2. The van der Waals surface area contributed by atoms with Crippen LogP contribution < -0.4 is 5.11 Å². The number of hydrogen-bond donors (Lipinski definition) is 2. The number of carbonyl (C=O) groups excluding carboxylic acids is 1. The van der Waals surface area contributed by atoms with Crippen LogP contribution in [0.15, 0.2) is 12.2 Å². The van der Waals surface area contributed by atoms with Gasteiger partial charge in [0.25, 0.3) is 0 Å². The molecular weight excluding hydrogens is 506 g/mol. The average molecular weight is 568 g/mol. The summed E-state index contributed by atoms with van der Waals surface area (Å²) in [5, 5.41) is 30.2. The SMILES string of the molecule is CCCCCCCC/C=C/CCCCCCCC[N+](CCC(C)C(=O)[O-])(CCC(C)C(=O)O)CCC(C)C(=O)O. The van der Waals surface area contributed by atoms with Crippen LogP contribution in [0.3, 0.4) is 0 Å². The van der Waals surface area contributed by atoms with Gasteiger partial charge in [0.2, 0.25) is 0 Å². The van der Waals surface area contributed by atoms with Crippen molar-refractivity contribution in [3.05, 3.63) is 12.2 Å². The first-order valence-corrected chi connectivity index (χ1v) is 16.2. The number of carboxylic acid groups (broad SMARTS) is 3. The van der Waals surface area contributed by atoms with E-state index >= 15 is 0 Å². The Hall–Kier alpha value is -1.89. The first kappa shape index (κ1) is 38.1. The molecule has 0 saturated carbocycles. The van der Waals surface area contributed by atoms with Crippen molar-refractivity contribution in [3.8, 4) is 0 Å². The van der Waals surface area contributed by atoms with Gasteiger partial charge in [-0.25, -0.2) is 0 Å². The lowest BCUT2D eigenvalue weighted by Crippen LogP contribution is -2.52. The van der Waals surface area contributed by atoms with Crippen molar-refractivity contribution in [2.24, 2.45) is 17.8 Å². The van der Waals surface area contributed by atoms with E-state index in [0.717, 1.165) is 32.2 Å². The lowest BCUT2D eigenvalue weighted by atomic mass is 10.0. The third kappa shape index (κ3) is 20.1. The summed E-state index contributed by atoms with van der Waals surface area (Å²) in [4.78, 5) is 34.3. The van der Waals surface area contributed by atoms with E-state index < -0.39 is 35.7 Å². The van der Waals surface area contributed by atoms with Gasteiger partial charge in [0.15, 0.2) is 0 Å². The minimum atomic E-state index is -1.08. The summed E-state index contributed by atoms with van der Waals surface area (Å²) < 4.78 is 0.580. The summed E-state index contributed by atoms with van der Waals surface area (Å²) in [6, 6.07) is 0. The van der Waals surface area contributed by atoms with Crippen LogP contribution in [0.4, 0.5) is 0 Å². The molecule has 2 N–H and O–H groups in total. The summed E-state index contributed by atoms with van der Waals surface area (Å²) >= 11 is 0. The molecular formula is C33H61NO6. The summed E-state index contributed by atoms with van der Waals surface area (Å²) in [5.41, 5.74) is 0. The molecule has 40 heavy (non-hydrogen) atoms. The van der Waals surface area contributed by atoms with Gasteiger partial charge in [0, 0.05) is 31.1 Å². The van der Waals surface area contributed by atoms with Gasteiger partial charge in [-0.05, 0) is 38.5 Å². The maximum atomic E-state index is 11.5. The van der Waals surface area contributed by atoms with Crippen LogP contribution in [-0.4, -0.2) is 58.8 Å². The Morgan fingerprint density at radius 3 is 1.38 bits per heavy atom. The highest BCUT2D eigenvalue weighted by Gasteiger charge is 2.30. The van der Waals surface area contributed by atoms with Gasteiger partial charge in [-0.3, -0.25) is 9.59 Å². The maximum Gasteiger partial charge on any atom is 0.306 e. The second-order valence-electron chi connectivity index (χ2n) is 12.2. The summed E-state index contributed by atoms with van der Waals surface area (Å²) in [6.07, 6.45) is 23.3. The highest BCUT2D eigenvalue weighted by atomic mass is 16.4. The molecule has 0 heterocycles. The highest BCUT2D eigenvalue weighted by molar-refractivity contribution is 5.69. The van der Waals surface area contributed by atoms with Gasteiger partial charge >= 0.3 is 11.9 Å². The number of aliphatic carboxylic acids is 3. The van der Waals surface area contributed by atoms with Gasteiger partial charge in [-0.1, -0.05) is 91.2 Å². The molecule has 0 amide bonds. The summed E-state index contributed by atoms with van der Waals surface area (Å²) in [7, 11) is 0. The summed E-state index contributed by atoms with van der Waals surface area (Å²) in [6.45, 7) is 9.94. The zero-order valence-electron chi connectivity index (χ0n) is 26.2. The monoisotopic (exact) mass is 567 g/mol. The fraction of sp³-hybridized carbons (Fsp3) is 0.848. The number of unbranched alkanes of at least 4 members (excludes halogenated alkanes) is 12. The Morgan fingerprint density at radius 2 is 0.975 bits per heavy atom. The summed E-state index contributed by atoms with van der Waals surface area (Å²) in [5.74, 6) is -4.32. The van der Waals surface area contributed by atoms with Crippen LogP contribution in [0.5, 0.6) is 0 Å². The van der Waals surface area contributed by atoms with Crippen LogP contribution in [-0.2, 0) is 14.4 Å². The number of quaternary nitrogens is 1. The largest absolute Gasteiger partial charge is 0.550 e. The van der Waals surface area contributed by atoms with Gasteiger partial charge in [0.05, 0.1) is 38.0 Å². The van der Waals surface area contributed by atoms with Crippen molar-refractivity contribution in [2.45, 2.75) is 137 Å². The Morgan fingerprint density at radius 1 is 0.600 bits per heavy atom. The predicted octanol–water partition coefficient (Wildman–Crippen LogP) is 6.84. The Bertz CT molecular complexity index is 647. The average Bonchev–Trinajstić information content (AvgIpc) is 2.92. The van der Waals surface area contributed by atoms with E-state index in [1.807, 2.05) is 0 Å². The topological polar surface area (TPSA) is 115 Å². The highest BCUT2D eigenvalue weighted by Crippen LogP contribution is 2.22. The molecule has 0 aliphatic rings. The first-order valence-electron chi connectivity index (χ1n) is 16.2. The van der Waals surface area contributed by atoms with Crippen LogP contribution in [0.1, 0.15) is 137 Å². The van der Waals surface area contributed by atoms with Crippen LogP contribution in [0.2, 0.25) is 0 Å². The number of carbonyl (C=O) groups is 3. The predicted molar refractivity (Wildman–Crippen MR) is 161 cm³/mol. The van der Waals surface area contributed by atoms with Gasteiger partial charge in [-0.15, -0.1) is 0 Å². The number of allylic oxidation sites excluding steroid dienone is 2. The molecule has 0 saturated heterocycles. The third-order valence-corrected chi connectivity index (χ3v) is 8.50. The van der Waals surface area contributed by atoms with E-state index in [2.05, 4.69) is 19.1 Å². The number of nitrogens with zero attached hydrogens (tertiary/aromatic N) is 1. The standard InChI is InChI=1S/C33H61NO6/c1-5-6-7-8-9-10-11-12-13-14-15-16-17-18-19-20-24-34(25-21-28(2)31(35)36,26-22-29(3)32(37)38)27-23-30(4)33(39)40/h12-13,28-30H,5-11,14-27H2,1-4H3,(H2-,35,36,37,38,39,40)/b13-12+. The van der Waals surface area contributed by atoms with Crippen molar-refractivity contribution in [1.29, 1.82) is 0 Å². The molecule has 0 rings (SSSR count). The fourth-order valence-electron chi connectivity index (χ4n) is 5.13. The third-order valence-electron chi connectivity index (χ3n) is 8.50. The van der Waals surface area contributed by atoms with Crippen molar-refractivity contribution >= 4 is 17.9 Å². The number of carboxylic acids is 3. The van der Waals surface area contributed by atoms with Crippen LogP contribution in [0, 0.1) is 17.8 Å². The Kier molecular flexibility index (Phi) is 22.7. The molecule has 0 fully saturated rings. The minimum Gasteiger partial charge on any atom is -0.550 e. The van der Waals surface area contributed by atoms with E-state index in [-0.39, 0.29) is 0 Å². The minimum absolute atomic E-state index is 0.442. The van der Waals surface area contributed by atoms with Crippen LogP contribution >= 0.6 is 0 Å². The molecule has 0 aromatic rings. The quantitative estimate of drug-likeness (QED) is 0.0608. The fourth-order valence-corrected chi connectivity index (χ4v) is 5.13. The molecule has 0 aromatic carbocycles. The molecule has 7 heteroatoms. The molecule has 0 aliphatic heterocycles. The molecule has 234 valence electrons. The van der Waals surface area contributed by atoms with Gasteiger partial charge in [-0.2, -0.15) is 0 Å². The Labute approximate surface area is 245 Å². The van der Waals surface area contributed by atoms with Crippen molar-refractivity contribution < 1.29 is 34.2 Å². The molecule has 3 unspecified atom stereocenters. The molecule has 0 radical (unpaired) electrons. The van der Waals surface area contributed by atoms with E-state index in [1.54, 1.807) is 20.8 Å². The Balaban J connectivity index is 4.67. The molecule has 0 aliphatic carbocycles. The number of hydrogen-bond acceptors (Lipinski definition) is 4.